The zero-order chi connectivity index (χ0) is 21.3. The molecule has 2 heterocycles. The smallest absolute Gasteiger partial charge is 0.262 e. The monoisotopic (exact) mass is 485 g/mol. The summed E-state index contributed by atoms with van der Waals surface area (Å²) in [6, 6.07) is 13.2. The van der Waals surface area contributed by atoms with E-state index < -0.39 is 0 Å². The van der Waals surface area contributed by atoms with Crippen LogP contribution < -0.4 is 5.56 Å². The molecule has 0 fully saturated rings. The van der Waals surface area contributed by atoms with Gasteiger partial charge < -0.3 is 9.72 Å². The van der Waals surface area contributed by atoms with E-state index in [4.69, 9.17) is 4.74 Å². The van der Waals surface area contributed by atoms with Crippen molar-refractivity contribution in [2.75, 3.05) is 19.5 Å². The zero-order valence-electron chi connectivity index (χ0n) is 16.6. The summed E-state index contributed by atoms with van der Waals surface area (Å²) >= 11 is 4.68. The number of carbonyl (C=O) groups is 1. The van der Waals surface area contributed by atoms with Crippen LogP contribution in [0, 0.1) is 6.92 Å². The summed E-state index contributed by atoms with van der Waals surface area (Å²) in [5.41, 5.74) is 2.94. The molecule has 0 unspecified atom stereocenters. The van der Waals surface area contributed by atoms with Crippen LogP contribution in [-0.4, -0.2) is 39.8 Å². The van der Waals surface area contributed by atoms with E-state index in [1.807, 2.05) is 37.3 Å². The van der Waals surface area contributed by atoms with Gasteiger partial charge in [0, 0.05) is 33.7 Å². The number of hydrogen-bond acceptors (Lipinski definition) is 5. The van der Waals surface area contributed by atoms with E-state index in [1.165, 1.54) is 11.8 Å². The third-order valence-electron chi connectivity index (χ3n) is 4.90. The number of ketones is 1. The summed E-state index contributed by atoms with van der Waals surface area (Å²) in [6.45, 7) is 2.65. The van der Waals surface area contributed by atoms with Crippen molar-refractivity contribution in [1.29, 1.82) is 0 Å². The lowest BCUT2D eigenvalue weighted by Gasteiger charge is -2.13. The van der Waals surface area contributed by atoms with Crippen molar-refractivity contribution in [2.24, 2.45) is 0 Å². The molecule has 0 atom stereocenters. The van der Waals surface area contributed by atoms with E-state index in [2.05, 4.69) is 25.9 Å². The molecule has 0 aliphatic carbocycles. The van der Waals surface area contributed by atoms with Crippen molar-refractivity contribution in [3.8, 4) is 0 Å². The Morgan fingerprint density at radius 1 is 1.23 bits per heavy atom. The van der Waals surface area contributed by atoms with E-state index in [1.54, 1.807) is 23.8 Å². The molecular formula is C22H20BrN3O3S. The molecule has 8 heteroatoms. The molecule has 6 nitrogen and oxygen atoms in total. The van der Waals surface area contributed by atoms with Crippen molar-refractivity contribution >= 4 is 55.3 Å². The van der Waals surface area contributed by atoms with Crippen molar-refractivity contribution in [3.63, 3.8) is 0 Å². The van der Waals surface area contributed by atoms with Crippen LogP contribution >= 0.6 is 27.7 Å². The Kier molecular flexibility index (Phi) is 6.08. The largest absolute Gasteiger partial charge is 0.383 e. The molecule has 0 aliphatic rings. The SMILES string of the molecule is COCCn1c(SCC(=O)c2c(C)[nH]c3ccccc23)nc2ccc(Br)cc2c1=O. The number of methoxy groups -OCH3 is 1. The molecule has 0 bridgehead atoms. The van der Waals surface area contributed by atoms with E-state index >= 15 is 0 Å². The maximum atomic E-state index is 13.1. The summed E-state index contributed by atoms with van der Waals surface area (Å²) in [5.74, 6) is 0.183. The minimum atomic E-state index is -0.142. The number of aromatic nitrogens is 3. The number of halogens is 1. The fourth-order valence-electron chi connectivity index (χ4n) is 3.50. The van der Waals surface area contributed by atoms with Crippen molar-refractivity contribution in [1.82, 2.24) is 14.5 Å². The quantitative estimate of drug-likeness (QED) is 0.235. The minimum absolute atomic E-state index is 0.00149. The highest BCUT2D eigenvalue weighted by Gasteiger charge is 2.18. The van der Waals surface area contributed by atoms with E-state index in [9.17, 15) is 9.59 Å². The molecule has 0 radical (unpaired) electrons. The summed E-state index contributed by atoms with van der Waals surface area (Å²) in [7, 11) is 1.59. The lowest BCUT2D eigenvalue weighted by Crippen LogP contribution is -2.25. The topological polar surface area (TPSA) is 77.0 Å². The predicted molar refractivity (Wildman–Crippen MR) is 124 cm³/mol. The average molecular weight is 486 g/mol. The van der Waals surface area contributed by atoms with Gasteiger partial charge >= 0.3 is 0 Å². The first-order chi connectivity index (χ1) is 14.5. The van der Waals surface area contributed by atoms with Gasteiger partial charge in [-0.15, -0.1) is 0 Å². The van der Waals surface area contributed by atoms with Gasteiger partial charge in [-0.05, 0) is 31.2 Å². The molecular weight excluding hydrogens is 466 g/mol. The average Bonchev–Trinajstić information content (AvgIpc) is 3.07. The molecule has 154 valence electrons. The van der Waals surface area contributed by atoms with Crippen LogP contribution in [0.3, 0.4) is 0 Å². The molecule has 2 aromatic heterocycles. The molecule has 4 aromatic rings. The molecule has 1 N–H and O–H groups in total. The molecule has 30 heavy (non-hydrogen) atoms. The number of nitrogens with one attached hydrogen (secondary N) is 1. The first-order valence-electron chi connectivity index (χ1n) is 9.42. The fourth-order valence-corrected chi connectivity index (χ4v) is 4.76. The van der Waals surface area contributed by atoms with Crippen molar-refractivity contribution < 1.29 is 9.53 Å². The number of H-pyrrole nitrogens is 1. The first kappa shape index (κ1) is 20.8. The second-order valence-corrected chi connectivity index (χ2v) is 8.75. The van der Waals surface area contributed by atoms with E-state index in [0.29, 0.717) is 34.8 Å². The number of carbonyl (C=O) groups excluding carboxylic acids is 1. The Morgan fingerprint density at radius 3 is 2.83 bits per heavy atom. The molecule has 2 aromatic carbocycles. The summed E-state index contributed by atoms with van der Waals surface area (Å²) in [5, 5.41) is 1.95. The van der Waals surface area contributed by atoms with Gasteiger partial charge in [-0.3, -0.25) is 14.2 Å². The van der Waals surface area contributed by atoms with Crippen LogP contribution in [0.1, 0.15) is 16.1 Å². The second kappa shape index (κ2) is 8.75. The molecule has 0 saturated carbocycles. The standard InChI is InChI=1S/C22H20BrN3O3S/c1-13-20(15-5-3-4-6-17(15)24-13)19(27)12-30-22-25-18-8-7-14(23)11-16(18)21(28)26(22)9-10-29-2/h3-8,11,24H,9-10,12H2,1-2H3. The van der Waals surface area contributed by atoms with Gasteiger partial charge in [0.05, 0.1) is 29.8 Å². The number of nitrogens with zero attached hydrogens (tertiary/aromatic N) is 2. The Balaban J connectivity index is 1.69. The zero-order valence-corrected chi connectivity index (χ0v) is 19.0. The number of aromatic amines is 1. The van der Waals surface area contributed by atoms with Crippen LogP contribution in [-0.2, 0) is 11.3 Å². The number of Topliss-reactive ketones (excluding diaryl/α,β-unsaturated/α-hetero) is 1. The van der Waals surface area contributed by atoms with Gasteiger partial charge in [-0.1, -0.05) is 45.9 Å². The van der Waals surface area contributed by atoms with Gasteiger partial charge in [0.25, 0.3) is 5.56 Å². The number of ether oxygens (including phenoxy) is 1. The van der Waals surface area contributed by atoms with Crippen LogP contribution in [0.5, 0.6) is 0 Å². The van der Waals surface area contributed by atoms with Crippen molar-refractivity contribution in [2.45, 2.75) is 18.6 Å². The number of hydrogen-bond donors (Lipinski definition) is 1. The maximum absolute atomic E-state index is 13.1. The first-order valence-corrected chi connectivity index (χ1v) is 11.2. The Morgan fingerprint density at radius 2 is 2.03 bits per heavy atom. The predicted octanol–water partition coefficient (Wildman–Crippen LogP) is 4.57. The maximum Gasteiger partial charge on any atom is 0.262 e. The third kappa shape index (κ3) is 3.95. The van der Waals surface area contributed by atoms with Gasteiger partial charge in [-0.25, -0.2) is 4.98 Å². The van der Waals surface area contributed by atoms with Crippen molar-refractivity contribution in [3.05, 3.63) is 68.5 Å². The van der Waals surface area contributed by atoms with Crippen LogP contribution in [0.2, 0.25) is 0 Å². The highest BCUT2D eigenvalue weighted by atomic mass is 79.9. The molecule has 0 spiro atoms. The summed E-state index contributed by atoms with van der Waals surface area (Å²) in [6.07, 6.45) is 0. The number of benzene rings is 2. The molecule has 4 rings (SSSR count). The third-order valence-corrected chi connectivity index (χ3v) is 6.37. The van der Waals surface area contributed by atoms with Gasteiger partial charge in [0.1, 0.15) is 0 Å². The number of aryl methyl sites for hydroxylation is 1. The van der Waals surface area contributed by atoms with E-state index in [0.717, 1.165) is 21.1 Å². The van der Waals surface area contributed by atoms with Gasteiger partial charge in [-0.2, -0.15) is 0 Å². The van der Waals surface area contributed by atoms with Gasteiger partial charge in [0.2, 0.25) is 0 Å². The van der Waals surface area contributed by atoms with Crippen LogP contribution in [0.25, 0.3) is 21.8 Å². The summed E-state index contributed by atoms with van der Waals surface area (Å²) in [4.78, 5) is 34.0. The van der Waals surface area contributed by atoms with Crippen LogP contribution in [0.4, 0.5) is 0 Å². The highest BCUT2D eigenvalue weighted by molar-refractivity contribution is 9.10. The molecule has 0 amide bonds. The summed E-state index contributed by atoms with van der Waals surface area (Å²) < 4.78 is 7.56. The Hall–Kier alpha value is -2.42. The Bertz CT molecular complexity index is 1310. The normalized spacial score (nSPS) is 11.4. The van der Waals surface area contributed by atoms with Crippen LogP contribution in [0.15, 0.2) is 56.9 Å². The number of fused-ring (bicyclic) bond motifs is 2. The molecule has 0 saturated heterocycles. The fraction of sp³-hybridized carbons (Fsp3) is 0.227. The number of rotatable bonds is 7. The molecule has 0 aliphatic heterocycles. The van der Waals surface area contributed by atoms with E-state index in [-0.39, 0.29) is 17.1 Å². The highest BCUT2D eigenvalue weighted by Crippen LogP contribution is 2.26. The second-order valence-electron chi connectivity index (χ2n) is 6.89. The minimum Gasteiger partial charge on any atom is -0.383 e. The lowest BCUT2D eigenvalue weighted by molar-refractivity contribution is 0.102. The number of thioether (sulfide) groups is 1. The lowest BCUT2D eigenvalue weighted by atomic mass is 10.1. The Labute approximate surface area is 185 Å². The number of para-hydroxylation sites is 1. The van der Waals surface area contributed by atoms with Gasteiger partial charge in [0.15, 0.2) is 10.9 Å².